The van der Waals surface area contributed by atoms with Crippen LogP contribution in [-0.2, 0) is 14.3 Å². The SMILES string of the molecule is COC(=O)c1cc(OC(C)=O)cc(OC)c1C(=O)c1c(O)cc(C)cc1OC(C)=O. The highest BCUT2D eigenvalue weighted by molar-refractivity contribution is 6.19. The lowest BCUT2D eigenvalue weighted by Crippen LogP contribution is -2.16. The Morgan fingerprint density at radius 2 is 1.47 bits per heavy atom. The van der Waals surface area contributed by atoms with Crippen molar-refractivity contribution >= 4 is 23.7 Å². The number of ketones is 1. The van der Waals surface area contributed by atoms with Gasteiger partial charge in [0.15, 0.2) is 0 Å². The number of aryl methyl sites for hydroxylation is 1. The fourth-order valence-electron chi connectivity index (χ4n) is 2.80. The molecule has 0 aliphatic heterocycles. The summed E-state index contributed by atoms with van der Waals surface area (Å²) in [5.74, 6) is -3.95. The molecule has 0 radical (unpaired) electrons. The lowest BCUT2D eigenvalue weighted by molar-refractivity contribution is -0.132. The zero-order chi connectivity index (χ0) is 22.6. The minimum atomic E-state index is -0.911. The second-order valence-electron chi connectivity index (χ2n) is 6.21. The van der Waals surface area contributed by atoms with E-state index >= 15 is 0 Å². The van der Waals surface area contributed by atoms with E-state index in [2.05, 4.69) is 0 Å². The summed E-state index contributed by atoms with van der Waals surface area (Å²) in [6.45, 7) is 3.94. The molecule has 0 aromatic heterocycles. The molecule has 9 nitrogen and oxygen atoms in total. The molecule has 0 aliphatic rings. The van der Waals surface area contributed by atoms with Crippen LogP contribution < -0.4 is 14.2 Å². The van der Waals surface area contributed by atoms with Crippen molar-refractivity contribution in [1.82, 2.24) is 0 Å². The molecule has 2 aromatic rings. The van der Waals surface area contributed by atoms with Crippen molar-refractivity contribution < 1.29 is 43.2 Å². The van der Waals surface area contributed by atoms with Gasteiger partial charge in [-0.15, -0.1) is 0 Å². The highest BCUT2D eigenvalue weighted by atomic mass is 16.5. The van der Waals surface area contributed by atoms with Gasteiger partial charge in [0.2, 0.25) is 5.78 Å². The van der Waals surface area contributed by atoms with Crippen LogP contribution in [0.2, 0.25) is 0 Å². The molecule has 0 aliphatic carbocycles. The maximum atomic E-state index is 13.4. The van der Waals surface area contributed by atoms with Crippen LogP contribution in [0.5, 0.6) is 23.0 Å². The van der Waals surface area contributed by atoms with Gasteiger partial charge in [0, 0.05) is 19.9 Å². The smallest absolute Gasteiger partial charge is 0.338 e. The van der Waals surface area contributed by atoms with E-state index in [1.165, 1.54) is 32.2 Å². The Labute approximate surface area is 172 Å². The molecule has 2 rings (SSSR count). The summed E-state index contributed by atoms with van der Waals surface area (Å²) in [4.78, 5) is 48.5. The topological polar surface area (TPSA) is 125 Å². The third-order valence-electron chi connectivity index (χ3n) is 3.90. The number of methoxy groups -OCH3 is 2. The van der Waals surface area contributed by atoms with Gasteiger partial charge in [-0.25, -0.2) is 4.79 Å². The van der Waals surface area contributed by atoms with Gasteiger partial charge in [-0.1, -0.05) is 0 Å². The van der Waals surface area contributed by atoms with E-state index < -0.39 is 29.4 Å². The molecule has 0 heterocycles. The summed E-state index contributed by atoms with van der Waals surface area (Å²) >= 11 is 0. The highest BCUT2D eigenvalue weighted by Crippen LogP contribution is 2.37. The maximum Gasteiger partial charge on any atom is 0.338 e. The summed E-state index contributed by atoms with van der Waals surface area (Å²) in [7, 11) is 2.35. The van der Waals surface area contributed by atoms with Crippen molar-refractivity contribution in [1.29, 1.82) is 0 Å². The van der Waals surface area contributed by atoms with E-state index in [1.807, 2.05) is 0 Å². The van der Waals surface area contributed by atoms with Crippen LogP contribution in [0.25, 0.3) is 0 Å². The largest absolute Gasteiger partial charge is 0.507 e. The summed E-state index contributed by atoms with van der Waals surface area (Å²) in [6.07, 6.45) is 0. The van der Waals surface area contributed by atoms with Crippen LogP contribution in [-0.4, -0.2) is 43.0 Å². The van der Waals surface area contributed by atoms with E-state index in [0.29, 0.717) is 5.56 Å². The first-order valence-electron chi connectivity index (χ1n) is 8.64. The molecule has 0 atom stereocenters. The minimum Gasteiger partial charge on any atom is -0.507 e. The van der Waals surface area contributed by atoms with E-state index in [0.717, 1.165) is 20.1 Å². The van der Waals surface area contributed by atoms with Crippen LogP contribution in [0.3, 0.4) is 0 Å². The predicted molar refractivity (Wildman–Crippen MR) is 103 cm³/mol. The van der Waals surface area contributed by atoms with Crippen molar-refractivity contribution in [3.63, 3.8) is 0 Å². The van der Waals surface area contributed by atoms with Crippen molar-refractivity contribution in [2.45, 2.75) is 20.8 Å². The summed E-state index contributed by atoms with van der Waals surface area (Å²) in [5, 5.41) is 10.4. The molecule has 30 heavy (non-hydrogen) atoms. The van der Waals surface area contributed by atoms with Crippen molar-refractivity contribution in [3.05, 3.63) is 46.5 Å². The van der Waals surface area contributed by atoms with Crippen LogP contribution in [0.4, 0.5) is 0 Å². The van der Waals surface area contributed by atoms with Gasteiger partial charge in [0.1, 0.15) is 28.6 Å². The van der Waals surface area contributed by atoms with Gasteiger partial charge in [0.05, 0.1) is 25.3 Å². The number of phenols is 1. The van der Waals surface area contributed by atoms with Gasteiger partial charge in [-0.3, -0.25) is 14.4 Å². The number of esters is 3. The number of benzene rings is 2. The Balaban J connectivity index is 2.80. The standard InChI is InChI=1S/C21H20O9/c1-10-6-15(24)19(17(7-10)30-12(3)23)20(25)18-14(21(26)28-5)8-13(29-11(2)22)9-16(18)27-4/h6-9,24H,1-5H3. The van der Waals surface area contributed by atoms with Gasteiger partial charge in [-0.2, -0.15) is 0 Å². The lowest BCUT2D eigenvalue weighted by Gasteiger charge is -2.16. The first-order chi connectivity index (χ1) is 14.1. The number of carbonyl (C=O) groups excluding carboxylic acids is 4. The number of carbonyl (C=O) groups is 4. The Hall–Kier alpha value is -3.88. The molecule has 0 saturated heterocycles. The molecule has 158 valence electrons. The summed E-state index contributed by atoms with van der Waals surface area (Å²) < 4.78 is 20.0. The molecule has 0 spiro atoms. The molecule has 0 saturated carbocycles. The van der Waals surface area contributed by atoms with E-state index in [9.17, 15) is 24.3 Å². The van der Waals surface area contributed by atoms with Crippen molar-refractivity contribution in [2.75, 3.05) is 14.2 Å². The molecule has 9 heteroatoms. The fourth-order valence-corrected chi connectivity index (χ4v) is 2.80. The number of hydrogen-bond acceptors (Lipinski definition) is 9. The molecule has 2 aromatic carbocycles. The Bertz CT molecular complexity index is 1040. The Morgan fingerprint density at radius 3 is 2.00 bits per heavy atom. The number of phenolic OH excluding ortho intramolecular Hbond substituents is 1. The molecular formula is C21H20O9. The van der Waals surface area contributed by atoms with E-state index in [-0.39, 0.29) is 33.9 Å². The van der Waals surface area contributed by atoms with Crippen molar-refractivity contribution in [2.24, 2.45) is 0 Å². The van der Waals surface area contributed by atoms with Crippen molar-refractivity contribution in [3.8, 4) is 23.0 Å². The molecule has 0 unspecified atom stereocenters. The van der Waals surface area contributed by atoms with E-state index in [4.69, 9.17) is 18.9 Å². The molecule has 1 N–H and O–H groups in total. The maximum absolute atomic E-state index is 13.4. The third-order valence-corrected chi connectivity index (χ3v) is 3.90. The average molecular weight is 416 g/mol. The van der Waals surface area contributed by atoms with E-state index in [1.54, 1.807) is 6.92 Å². The molecule has 0 amide bonds. The van der Waals surface area contributed by atoms with Gasteiger partial charge >= 0.3 is 17.9 Å². The van der Waals surface area contributed by atoms with Crippen LogP contribution in [0.1, 0.15) is 45.7 Å². The normalized spacial score (nSPS) is 10.2. The van der Waals surface area contributed by atoms with Gasteiger partial charge in [-0.05, 0) is 30.7 Å². The highest BCUT2D eigenvalue weighted by Gasteiger charge is 2.30. The second-order valence-corrected chi connectivity index (χ2v) is 6.21. The van der Waals surface area contributed by atoms with Gasteiger partial charge in [0.25, 0.3) is 0 Å². The van der Waals surface area contributed by atoms with Crippen LogP contribution in [0.15, 0.2) is 24.3 Å². The zero-order valence-electron chi connectivity index (χ0n) is 17.0. The minimum absolute atomic E-state index is 0.0513. The zero-order valence-corrected chi connectivity index (χ0v) is 17.0. The Kier molecular flexibility index (Phi) is 6.78. The number of aromatic hydroxyl groups is 1. The lowest BCUT2D eigenvalue weighted by atomic mass is 9.94. The molecular weight excluding hydrogens is 396 g/mol. The van der Waals surface area contributed by atoms with Crippen LogP contribution >= 0.6 is 0 Å². The fraction of sp³-hybridized carbons (Fsp3) is 0.238. The van der Waals surface area contributed by atoms with Crippen LogP contribution in [0, 0.1) is 6.92 Å². The average Bonchev–Trinajstić information content (AvgIpc) is 2.64. The number of rotatable bonds is 6. The third kappa shape index (κ3) is 4.75. The van der Waals surface area contributed by atoms with Gasteiger partial charge < -0.3 is 24.1 Å². The number of hydrogen-bond donors (Lipinski definition) is 1. The predicted octanol–water partition coefficient (Wildman–Crippen LogP) is 2.58. The Morgan fingerprint density at radius 1 is 0.833 bits per heavy atom. The second kappa shape index (κ2) is 9.08. The monoisotopic (exact) mass is 416 g/mol. The first kappa shape index (κ1) is 22.4. The summed E-state index contributed by atoms with van der Waals surface area (Å²) in [5.41, 5.74) is -0.357. The molecule has 0 bridgehead atoms. The summed E-state index contributed by atoms with van der Waals surface area (Å²) in [6, 6.07) is 5.07. The first-order valence-corrected chi connectivity index (χ1v) is 8.64. The quantitative estimate of drug-likeness (QED) is 0.429. The number of ether oxygens (including phenoxy) is 4. The molecule has 0 fully saturated rings.